The molecule has 4 aromatic rings. The van der Waals surface area contributed by atoms with Gasteiger partial charge in [0.1, 0.15) is 0 Å². The van der Waals surface area contributed by atoms with Gasteiger partial charge in [0, 0.05) is 16.6 Å². The van der Waals surface area contributed by atoms with Crippen LogP contribution in [0.4, 0.5) is 5.69 Å². The zero-order valence-electron chi connectivity index (χ0n) is 12.5. The van der Waals surface area contributed by atoms with Gasteiger partial charge in [0.2, 0.25) is 0 Å². The van der Waals surface area contributed by atoms with Crippen LogP contribution in [0, 0.1) is 0 Å². The highest BCUT2D eigenvalue weighted by Gasteiger charge is 2.08. The predicted octanol–water partition coefficient (Wildman–Crippen LogP) is 5.25. The Morgan fingerprint density at radius 3 is 2.22 bits per heavy atom. The molecule has 1 N–H and O–H groups in total. The highest BCUT2D eigenvalue weighted by Crippen LogP contribution is 2.24. The van der Waals surface area contributed by atoms with E-state index < -0.39 is 0 Å². The Morgan fingerprint density at radius 1 is 0.652 bits per heavy atom. The van der Waals surface area contributed by atoms with Crippen LogP contribution in [0.3, 0.4) is 0 Å². The second-order valence-electron chi connectivity index (χ2n) is 5.54. The fourth-order valence-corrected chi connectivity index (χ4v) is 2.86. The molecule has 0 aliphatic rings. The Hall–Kier alpha value is -3.13. The maximum Gasteiger partial charge on any atom is 0.255 e. The summed E-state index contributed by atoms with van der Waals surface area (Å²) in [4.78, 5) is 12.6. The van der Waals surface area contributed by atoms with E-state index in [-0.39, 0.29) is 5.91 Å². The van der Waals surface area contributed by atoms with Crippen LogP contribution in [0.25, 0.3) is 21.5 Å². The van der Waals surface area contributed by atoms with Crippen molar-refractivity contribution < 1.29 is 4.79 Å². The molecule has 2 nitrogen and oxygen atoms in total. The van der Waals surface area contributed by atoms with E-state index in [1.54, 1.807) is 0 Å². The first-order valence-electron chi connectivity index (χ1n) is 7.59. The molecule has 0 radical (unpaired) electrons. The van der Waals surface area contributed by atoms with Gasteiger partial charge in [-0.25, -0.2) is 0 Å². The van der Waals surface area contributed by atoms with Crippen molar-refractivity contribution in [2.45, 2.75) is 0 Å². The Bertz CT molecular complexity index is 1010. The van der Waals surface area contributed by atoms with Crippen molar-refractivity contribution in [3.63, 3.8) is 0 Å². The molecule has 0 aliphatic carbocycles. The molecule has 0 spiro atoms. The number of carbonyl (C=O) groups excluding carboxylic acids is 1. The Morgan fingerprint density at radius 2 is 1.35 bits per heavy atom. The summed E-state index contributed by atoms with van der Waals surface area (Å²) >= 11 is 0. The summed E-state index contributed by atoms with van der Waals surface area (Å²) in [5.74, 6) is -0.0906. The maximum atomic E-state index is 12.6. The Kier molecular flexibility index (Phi) is 3.28. The molecule has 0 aliphatic heterocycles. The van der Waals surface area contributed by atoms with Gasteiger partial charge in [-0.2, -0.15) is 0 Å². The second kappa shape index (κ2) is 5.58. The van der Waals surface area contributed by atoms with Crippen LogP contribution in [0.2, 0.25) is 0 Å². The van der Waals surface area contributed by atoms with Crippen LogP contribution in [-0.4, -0.2) is 5.91 Å². The molecule has 0 bridgehead atoms. The number of amides is 1. The number of hydrogen-bond acceptors (Lipinski definition) is 1. The van der Waals surface area contributed by atoms with Crippen LogP contribution in [-0.2, 0) is 0 Å². The summed E-state index contributed by atoms with van der Waals surface area (Å²) in [6, 6.07) is 27.8. The molecule has 4 rings (SSSR count). The average molecular weight is 297 g/mol. The third-order valence-electron chi connectivity index (χ3n) is 4.05. The van der Waals surface area contributed by atoms with Crippen molar-refractivity contribution in [2.24, 2.45) is 0 Å². The van der Waals surface area contributed by atoms with Gasteiger partial charge < -0.3 is 5.32 Å². The van der Waals surface area contributed by atoms with Gasteiger partial charge >= 0.3 is 0 Å². The fourth-order valence-electron chi connectivity index (χ4n) is 2.86. The predicted molar refractivity (Wildman–Crippen MR) is 95.8 cm³/mol. The van der Waals surface area contributed by atoms with Crippen LogP contribution in [0.15, 0.2) is 84.9 Å². The third kappa shape index (κ3) is 2.55. The minimum Gasteiger partial charge on any atom is -0.321 e. The minimum absolute atomic E-state index is 0.0906. The van der Waals surface area contributed by atoms with Crippen molar-refractivity contribution in [3.8, 4) is 0 Å². The van der Waals surface area contributed by atoms with Gasteiger partial charge in [0.05, 0.1) is 0 Å². The number of fused-ring (bicyclic) bond motifs is 2. The van der Waals surface area contributed by atoms with E-state index >= 15 is 0 Å². The third-order valence-corrected chi connectivity index (χ3v) is 4.05. The number of carbonyl (C=O) groups is 1. The number of anilines is 1. The van der Waals surface area contributed by atoms with Crippen LogP contribution in [0.1, 0.15) is 10.4 Å². The van der Waals surface area contributed by atoms with Gasteiger partial charge in [-0.3, -0.25) is 4.79 Å². The van der Waals surface area contributed by atoms with Crippen molar-refractivity contribution in [3.05, 3.63) is 90.5 Å². The lowest BCUT2D eigenvalue weighted by molar-refractivity contribution is 0.102. The zero-order chi connectivity index (χ0) is 15.6. The lowest BCUT2D eigenvalue weighted by Gasteiger charge is -2.09. The summed E-state index contributed by atoms with van der Waals surface area (Å²) in [7, 11) is 0. The van der Waals surface area contributed by atoms with E-state index in [0.717, 1.165) is 27.2 Å². The number of benzene rings is 4. The van der Waals surface area contributed by atoms with Gasteiger partial charge in [-0.1, -0.05) is 66.7 Å². The number of nitrogens with one attached hydrogen (secondary N) is 1. The molecule has 1 amide bonds. The molecule has 110 valence electrons. The molecular formula is C21H15NO. The number of rotatable bonds is 2. The quantitative estimate of drug-likeness (QED) is 0.538. The lowest BCUT2D eigenvalue weighted by Crippen LogP contribution is -2.12. The first kappa shape index (κ1) is 13.5. The molecule has 0 unspecified atom stereocenters. The van der Waals surface area contributed by atoms with Crippen LogP contribution in [0.5, 0.6) is 0 Å². The fraction of sp³-hybridized carbons (Fsp3) is 0. The lowest BCUT2D eigenvalue weighted by atomic mass is 10.1. The minimum atomic E-state index is -0.0906. The van der Waals surface area contributed by atoms with Gasteiger partial charge in [-0.15, -0.1) is 0 Å². The standard InChI is InChI=1S/C21H15NO/c23-21(18-13-12-15-6-1-2-8-17(15)14-18)22-20-11-5-9-16-7-3-4-10-19(16)20/h1-14H,(H,22,23). The molecule has 0 fully saturated rings. The van der Waals surface area contributed by atoms with Gasteiger partial charge in [0.15, 0.2) is 0 Å². The van der Waals surface area contributed by atoms with E-state index in [0.29, 0.717) is 5.56 Å². The summed E-state index contributed by atoms with van der Waals surface area (Å²) in [6.07, 6.45) is 0. The van der Waals surface area contributed by atoms with Crippen molar-refractivity contribution in [1.29, 1.82) is 0 Å². The van der Waals surface area contributed by atoms with E-state index in [4.69, 9.17) is 0 Å². The SMILES string of the molecule is O=C(Nc1cccc2ccccc12)c1ccc2ccccc2c1. The molecular weight excluding hydrogens is 282 g/mol. The van der Waals surface area contributed by atoms with Gasteiger partial charge in [-0.05, 0) is 34.4 Å². The van der Waals surface area contributed by atoms with Crippen molar-refractivity contribution in [2.75, 3.05) is 5.32 Å². The van der Waals surface area contributed by atoms with E-state index in [1.165, 1.54) is 0 Å². The van der Waals surface area contributed by atoms with Crippen LogP contribution >= 0.6 is 0 Å². The zero-order valence-corrected chi connectivity index (χ0v) is 12.5. The molecule has 2 heteroatoms. The molecule has 0 saturated carbocycles. The molecule has 0 heterocycles. The van der Waals surface area contributed by atoms with E-state index in [1.807, 2.05) is 84.9 Å². The van der Waals surface area contributed by atoms with E-state index in [2.05, 4.69) is 5.32 Å². The highest BCUT2D eigenvalue weighted by atomic mass is 16.1. The average Bonchev–Trinajstić information content (AvgIpc) is 2.61. The summed E-state index contributed by atoms with van der Waals surface area (Å²) in [5, 5.41) is 7.39. The largest absolute Gasteiger partial charge is 0.321 e. The smallest absolute Gasteiger partial charge is 0.255 e. The summed E-state index contributed by atoms with van der Waals surface area (Å²) in [5.41, 5.74) is 1.50. The molecule has 4 aromatic carbocycles. The first-order chi connectivity index (χ1) is 11.3. The van der Waals surface area contributed by atoms with E-state index in [9.17, 15) is 4.79 Å². The number of hydrogen-bond donors (Lipinski definition) is 1. The summed E-state index contributed by atoms with van der Waals surface area (Å²) < 4.78 is 0. The topological polar surface area (TPSA) is 29.1 Å². The molecule has 0 atom stereocenters. The normalized spacial score (nSPS) is 10.8. The van der Waals surface area contributed by atoms with Crippen LogP contribution < -0.4 is 5.32 Å². The van der Waals surface area contributed by atoms with Gasteiger partial charge in [0.25, 0.3) is 5.91 Å². The van der Waals surface area contributed by atoms with Crippen molar-refractivity contribution in [1.82, 2.24) is 0 Å². The first-order valence-corrected chi connectivity index (χ1v) is 7.59. The summed E-state index contributed by atoms with van der Waals surface area (Å²) in [6.45, 7) is 0. The maximum absolute atomic E-state index is 12.6. The second-order valence-corrected chi connectivity index (χ2v) is 5.54. The van der Waals surface area contributed by atoms with Crippen molar-refractivity contribution >= 4 is 33.1 Å². The molecule has 23 heavy (non-hydrogen) atoms. The Balaban J connectivity index is 1.70. The highest BCUT2D eigenvalue weighted by molar-refractivity contribution is 6.10. The molecule has 0 saturated heterocycles. The Labute approximate surface area is 134 Å². The molecule has 0 aromatic heterocycles. The monoisotopic (exact) mass is 297 g/mol.